The van der Waals surface area contributed by atoms with E-state index in [1.165, 1.54) is 0 Å². The van der Waals surface area contributed by atoms with E-state index in [1.54, 1.807) is 12.4 Å². The van der Waals surface area contributed by atoms with Crippen molar-refractivity contribution >= 4 is 0 Å². The molecule has 0 saturated heterocycles. The SMILES string of the molecule is CCN(CC)CCNC(C)c1nccnc1C. The number of nitrogens with zero attached hydrogens (tertiary/aromatic N) is 3. The van der Waals surface area contributed by atoms with Crippen LogP contribution in [0.1, 0.15) is 38.2 Å². The summed E-state index contributed by atoms with van der Waals surface area (Å²) in [6.45, 7) is 12.8. The number of hydrogen-bond donors (Lipinski definition) is 1. The van der Waals surface area contributed by atoms with Crippen LogP contribution in [-0.2, 0) is 0 Å². The first kappa shape index (κ1) is 14.1. The van der Waals surface area contributed by atoms with E-state index in [9.17, 15) is 0 Å². The van der Waals surface area contributed by atoms with Crippen molar-refractivity contribution in [1.82, 2.24) is 20.2 Å². The summed E-state index contributed by atoms with van der Waals surface area (Å²) in [5.74, 6) is 0. The number of nitrogens with one attached hydrogen (secondary N) is 1. The highest BCUT2D eigenvalue weighted by atomic mass is 15.1. The van der Waals surface area contributed by atoms with Crippen molar-refractivity contribution in [2.75, 3.05) is 26.2 Å². The van der Waals surface area contributed by atoms with Crippen LogP contribution in [0.4, 0.5) is 0 Å². The third-order valence-electron chi connectivity index (χ3n) is 3.10. The van der Waals surface area contributed by atoms with E-state index in [0.717, 1.165) is 37.6 Å². The van der Waals surface area contributed by atoms with Gasteiger partial charge in [-0.2, -0.15) is 0 Å². The van der Waals surface area contributed by atoms with Crippen LogP contribution in [0.3, 0.4) is 0 Å². The van der Waals surface area contributed by atoms with Gasteiger partial charge in [0, 0.05) is 31.5 Å². The third kappa shape index (κ3) is 4.40. The molecular formula is C13H24N4. The first-order valence-corrected chi connectivity index (χ1v) is 6.42. The van der Waals surface area contributed by atoms with E-state index in [2.05, 4.69) is 41.0 Å². The van der Waals surface area contributed by atoms with Crippen LogP contribution in [0.5, 0.6) is 0 Å². The molecule has 0 bridgehead atoms. The molecule has 1 N–H and O–H groups in total. The zero-order valence-corrected chi connectivity index (χ0v) is 11.4. The molecule has 1 unspecified atom stereocenters. The number of aromatic nitrogens is 2. The van der Waals surface area contributed by atoms with E-state index in [0.29, 0.717) is 0 Å². The summed E-state index contributed by atoms with van der Waals surface area (Å²) in [5.41, 5.74) is 2.06. The van der Waals surface area contributed by atoms with Gasteiger partial charge in [-0.05, 0) is 26.9 Å². The Balaban J connectivity index is 2.40. The van der Waals surface area contributed by atoms with Crippen molar-refractivity contribution < 1.29 is 0 Å². The van der Waals surface area contributed by atoms with Crippen LogP contribution < -0.4 is 5.32 Å². The molecule has 4 heteroatoms. The molecule has 1 rings (SSSR count). The van der Waals surface area contributed by atoms with Gasteiger partial charge in [0.15, 0.2) is 0 Å². The lowest BCUT2D eigenvalue weighted by atomic mass is 10.2. The van der Waals surface area contributed by atoms with Gasteiger partial charge in [-0.15, -0.1) is 0 Å². The molecule has 0 aliphatic heterocycles. The topological polar surface area (TPSA) is 41.0 Å². The van der Waals surface area contributed by atoms with Crippen molar-refractivity contribution in [2.24, 2.45) is 0 Å². The number of aryl methyl sites for hydroxylation is 1. The van der Waals surface area contributed by atoms with E-state index < -0.39 is 0 Å². The molecule has 0 fully saturated rings. The Bertz CT molecular complexity index is 323. The summed E-state index contributed by atoms with van der Waals surface area (Å²) >= 11 is 0. The van der Waals surface area contributed by atoms with Crippen LogP contribution in [0.15, 0.2) is 12.4 Å². The first-order chi connectivity index (χ1) is 8.19. The molecule has 0 aliphatic carbocycles. The number of likely N-dealkylation sites (N-methyl/N-ethyl adjacent to an activating group) is 1. The lowest BCUT2D eigenvalue weighted by Gasteiger charge is -2.20. The maximum absolute atomic E-state index is 4.38. The van der Waals surface area contributed by atoms with E-state index in [1.807, 2.05) is 6.92 Å². The lowest BCUT2D eigenvalue weighted by molar-refractivity contribution is 0.297. The van der Waals surface area contributed by atoms with Crippen molar-refractivity contribution in [3.63, 3.8) is 0 Å². The Morgan fingerprint density at radius 1 is 1.24 bits per heavy atom. The molecule has 4 nitrogen and oxygen atoms in total. The summed E-state index contributed by atoms with van der Waals surface area (Å²) in [6.07, 6.45) is 3.49. The normalized spacial score (nSPS) is 13.0. The smallest absolute Gasteiger partial charge is 0.0782 e. The van der Waals surface area contributed by atoms with Gasteiger partial charge >= 0.3 is 0 Å². The summed E-state index contributed by atoms with van der Waals surface area (Å²) in [7, 11) is 0. The largest absolute Gasteiger partial charge is 0.308 e. The Hall–Kier alpha value is -1.00. The van der Waals surface area contributed by atoms with Gasteiger partial charge in [0.25, 0.3) is 0 Å². The summed E-state index contributed by atoms with van der Waals surface area (Å²) < 4.78 is 0. The van der Waals surface area contributed by atoms with Gasteiger partial charge in [-0.25, -0.2) is 0 Å². The highest BCUT2D eigenvalue weighted by Gasteiger charge is 2.09. The van der Waals surface area contributed by atoms with Crippen LogP contribution in [0.2, 0.25) is 0 Å². The molecule has 0 saturated carbocycles. The molecule has 1 aromatic heterocycles. The standard InChI is InChI=1S/C13H24N4/c1-5-17(6-2)10-9-15-12(4)13-11(3)14-7-8-16-13/h7-8,12,15H,5-6,9-10H2,1-4H3. The molecule has 96 valence electrons. The Labute approximate surface area is 104 Å². The molecule has 0 aromatic carbocycles. The third-order valence-corrected chi connectivity index (χ3v) is 3.10. The Kier molecular flexibility index (Phi) is 6.08. The van der Waals surface area contributed by atoms with Gasteiger partial charge in [0.1, 0.15) is 0 Å². The molecule has 1 atom stereocenters. The fraction of sp³-hybridized carbons (Fsp3) is 0.692. The van der Waals surface area contributed by atoms with Crippen LogP contribution in [0.25, 0.3) is 0 Å². The predicted molar refractivity (Wildman–Crippen MR) is 71.0 cm³/mol. The summed E-state index contributed by atoms with van der Waals surface area (Å²) in [4.78, 5) is 11.0. The van der Waals surface area contributed by atoms with Crippen molar-refractivity contribution in [2.45, 2.75) is 33.7 Å². The molecule has 1 aromatic rings. The number of rotatable bonds is 7. The monoisotopic (exact) mass is 236 g/mol. The molecule has 0 spiro atoms. The van der Waals surface area contributed by atoms with Crippen molar-refractivity contribution in [3.05, 3.63) is 23.8 Å². The highest BCUT2D eigenvalue weighted by molar-refractivity contribution is 5.12. The summed E-state index contributed by atoms with van der Waals surface area (Å²) in [5, 5.41) is 3.49. The Morgan fingerprint density at radius 2 is 1.88 bits per heavy atom. The molecule has 0 radical (unpaired) electrons. The number of hydrogen-bond acceptors (Lipinski definition) is 4. The van der Waals surface area contributed by atoms with Crippen LogP contribution in [0, 0.1) is 6.92 Å². The zero-order valence-electron chi connectivity index (χ0n) is 11.4. The molecule has 0 aliphatic rings. The first-order valence-electron chi connectivity index (χ1n) is 6.42. The minimum Gasteiger partial charge on any atom is -0.308 e. The zero-order chi connectivity index (χ0) is 12.7. The van der Waals surface area contributed by atoms with E-state index >= 15 is 0 Å². The molecule has 0 amide bonds. The minimum absolute atomic E-state index is 0.263. The van der Waals surface area contributed by atoms with Crippen LogP contribution in [-0.4, -0.2) is 41.0 Å². The minimum atomic E-state index is 0.263. The van der Waals surface area contributed by atoms with Gasteiger partial charge in [0.2, 0.25) is 0 Å². The van der Waals surface area contributed by atoms with Crippen molar-refractivity contribution in [3.8, 4) is 0 Å². The van der Waals surface area contributed by atoms with Gasteiger partial charge in [0.05, 0.1) is 11.4 Å². The second-order valence-electron chi connectivity index (χ2n) is 4.23. The van der Waals surface area contributed by atoms with Gasteiger partial charge in [-0.1, -0.05) is 13.8 Å². The lowest BCUT2D eigenvalue weighted by Crippen LogP contribution is -2.33. The fourth-order valence-corrected chi connectivity index (χ4v) is 1.92. The molecular weight excluding hydrogens is 212 g/mol. The maximum atomic E-state index is 4.38. The van der Waals surface area contributed by atoms with Crippen molar-refractivity contribution in [1.29, 1.82) is 0 Å². The molecule has 17 heavy (non-hydrogen) atoms. The maximum Gasteiger partial charge on any atom is 0.0782 e. The van der Waals surface area contributed by atoms with E-state index in [4.69, 9.17) is 0 Å². The van der Waals surface area contributed by atoms with Crippen LogP contribution >= 0.6 is 0 Å². The quantitative estimate of drug-likeness (QED) is 0.783. The van der Waals surface area contributed by atoms with Gasteiger partial charge in [-0.3, -0.25) is 9.97 Å². The highest BCUT2D eigenvalue weighted by Crippen LogP contribution is 2.10. The predicted octanol–water partition coefficient (Wildman–Crippen LogP) is 1.78. The molecule has 1 heterocycles. The van der Waals surface area contributed by atoms with E-state index in [-0.39, 0.29) is 6.04 Å². The Morgan fingerprint density at radius 3 is 2.47 bits per heavy atom. The van der Waals surface area contributed by atoms with Gasteiger partial charge < -0.3 is 10.2 Å². The fourth-order valence-electron chi connectivity index (χ4n) is 1.92. The second-order valence-corrected chi connectivity index (χ2v) is 4.23. The average Bonchev–Trinajstić information content (AvgIpc) is 2.35. The second kappa shape index (κ2) is 7.35. The summed E-state index contributed by atoms with van der Waals surface area (Å²) in [6, 6.07) is 0.263. The average molecular weight is 236 g/mol.